The molecule has 1 N–H and O–H groups in total. The normalized spacial score (nSPS) is 12.0. The number of para-hydroxylation sites is 2. The standard InChI is InChI=1S/C31H39N3O5S/c1-5-39-29-19-13-12-18-27(29)34(40(4,37)38)23-30(35)33(22-26-16-10-7-11-17-26)28(31(36)32-21-24(2)3)20-25-14-8-6-9-15-25/h6-19,24,28H,5,20-23H2,1-4H3,(H,32,36)/t28-/m1/s1. The smallest absolute Gasteiger partial charge is 0.244 e. The molecule has 0 aromatic heterocycles. The number of anilines is 1. The summed E-state index contributed by atoms with van der Waals surface area (Å²) in [5.41, 5.74) is 1.98. The van der Waals surface area contributed by atoms with E-state index in [2.05, 4.69) is 5.32 Å². The predicted octanol–water partition coefficient (Wildman–Crippen LogP) is 4.26. The largest absolute Gasteiger partial charge is 0.492 e. The summed E-state index contributed by atoms with van der Waals surface area (Å²) in [5, 5.41) is 2.98. The van der Waals surface area contributed by atoms with Crippen molar-refractivity contribution in [2.75, 3.05) is 30.3 Å². The zero-order valence-electron chi connectivity index (χ0n) is 23.6. The average Bonchev–Trinajstić information content (AvgIpc) is 2.93. The minimum Gasteiger partial charge on any atom is -0.492 e. The number of amides is 2. The first-order chi connectivity index (χ1) is 19.1. The number of sulfonamides is 1. The Morgan fingerprint density at radius 3 is 2.02 bits per heavy atom. The number of rotatable bonds is 14. The van der Waals surface area contributed by atoms with Crippen molar-refractivity contribution in [2.45, 2.75) is 39.8 Å². The van der Waals surface area contributed by atoms with Crippen LogP contribution in [0.1, 0.15) is 31.9 Å². The van der Waals surface area contributed by atoms with Crippen LogP contribution < -0.4 is 14.4 Å². The van der Waals surface area contributed by atoms with Crippen LogP contribution in [-0.4, -0.2) is 57.1 Å². The Hall–Kier alpha value is -3.85. The van der Waals surface area contributed by atoms with Gasteiger partial charge in [0.2, 0.25) is 21.8 Å². The van der Waals surface area contributed by atoms with E-state index < -0.39 is 28.5 Å². The van der Waals surface area contributed by atoms with E-state index in [1.807, 2.05) is 74.5 Å². The van der Waals surface area contributed by atoms with Crippen LogP contribution in [0.2, 0.25) is 0 Å². The summed E-state index contributed by atoms with van der Waals surface area (Å²) in [6, 6.07) is 24.7. The second kappa shape index (κ2) is 14.5. The zero-order valence-corrected chi connectivity index (χ0v) is 24.4. The molecule has 0 aliphatic rings. The van der Waals surface area contributed by atoms with Gasteiger partial charge in [-0.15, -0.1) is 0 Å². The van der Waals surface area contributed by atoms with Gasteiger partial charge in [0.1, 0.15) is 18.3 Å². The van der Waals surface area contributed by atoms with Crippen molar-refractivity contribution in [2.24, 2.45) is 5.92 Å². The van der Waals surface area contributed by atoms with Gasteiger partial charge in [0.25, 0.3) is 0 Å². The molecule has 8 nitrogen and oxygen atoms in total. The van der Waals surface area contributed by atoms with Crippen LogP contribution >= 0.6 is 0 Å². The molecule has 0 saturated carbocycles. The Balaban J connectivity index is 2.05. The number of nitrogens with zero attached hydrogens (tertiary/aromatic N) is 2. The molecule has 3 aromatic carbocycles. The minimum absolute atomic E-state index is 0.136. The first-order valence-corrected chi connectivity index (χ1v) is 15.3. The van der Waals surface area contributed by atoms with Gasteiger partial charge < -0.3 is 15.0 Å². The lowest BCUT2D eigenvalue weighted by Gasteiger charge is -2.34. The molecule has 0 unspecified atom stereocenters. The lowest BCUT2D eigenvalue weighted by molar-refractivity contribution is -0.140. The number of carbonyl (C=O) groups excluding carboxylic acids is 2. The van der Waals surface area contributed by atoms with Gasteiger partial charge in [-0.25, -0.2) is 8.42 Å². The van der Waals surface area contributed by atoms with Gasteiger partial charge in [-0.3, -0.25) is 13.9 Å². The van der Waals surface area contributed by atoms with Crippen molar-refractivity contribution >= 4 is 27.5 Å². The monoisotopic (exact) mass is 565 g/mol. The maximum absolute atomic E-state index is 14.1. The Morgan fingerprint density at radius 2 is 1.45 bits per heavy atom. The summed E-state index contributed by atoms with van der Waals surface area (Å²) < 4.78 is 32.7. The van der Waals surface area contributed by atoms with E-state index in [1.165, 1.54) is 4.90 Å². The summed E-state index contributed by atoms with van der Waals surface area (Å²) in [7, 11) is -3.88. The predicted molar refractivity (Wildman–Crippen MR) is 159 cm³/mol. The van der Waals surface area contributed by atoms with Gasteiger partial charge in [0.05, 0.1) is 18.6 Å². The fourth-order valence-electron chi connectivity index (χ4n) is 4.29. The molecule has 0 bridgehead atoms. The highest BCUT2D eigenvalue weighted by atomic mass is 32.2. The molecule has 9 heteroatoms. The SMILES string of the molecule is CCOc1ccccc1N(CC(=O)N(Cc1ccccc1)[C@H](Cc1ccccc1)C(=O)NCC(C)C)S(C)(=O)=O. The first-order valence-electron chi connectivity index (χ1n) is 13.4. The van der Waals surface area contributed by atoms with E-state index in [9.17, 15) is 18.0 Å². The summed E-state index contributed by atoms with van der Waals surface area (Å²) in [4.78, 5) is 29.2. The molecule has 0 radical (unpaired) electrons. The summed E-state index contributed by atoms with van der Waals surface area (Å²) >= 11 is 0. The number of hydrogen-bond acceptors (Lipinski definition) is 5. The molecule has 0 aliphatic heterocycles. The molecule has 3 rings (SSSR count). The van der Waals surface area contributed by atoms with Crippen molar-refractivity contribution in [1.29, 1.82) is 0 Å². The fourth-order valence-corrected chi connectivity index (χ4v) is 5.15. The highest BCUT2D eigenvalue weighted by Gasteiger charge is 2.33. The molecular formula is C31H39N3O5S. The van der Waals surface area contributed by atoms with E-state index >= 15 is 0 Å². The molecule has 0 heterocycles. The maximum atomic E-state index is 14.1. The lowest BCUT2D eigenvalue weighted by Crippen LogP contribution is -2.53. The molecule has 0 saturated heterocycles. The van der Waals surface area contributed by atoms with Crippen LogP contribution in [0.15, 0.2) is 84.9 Å². The van der Waals surface area contributed by atoms with Crippen molar-refractivity contribution in [1.82, 2.24) is 10.2 Å². The molecule has 2 amide bonds. The fraction of sp³-hybridized carbons (Fsp3) is 0.355. The van der Waals surface area contributed by atoms with Gasteiger partial charge in [0, 0.05) is 19.5 Å². The Labute approximate surface area is 238 Å². The average molecular weight is 566 g/mol. The molecule has 3 aromatic rings. The Morgan fingerprint density at radius 1 is 0.875 bits per heavy atom. The highest BCUT2D eigenvalue weighted by Crippen LogP contribution is 2.30. The van der Waals surface area contributed by atoms with Gasteiger partial charge in [-0.05, 0) is 36.1 Å². The van der Waals surface area contributed by atoms with E-state index in [-0.39, 0.29) is 30.5 Å². The van der Waals surface area contributed by atoms with E-state index in [0.717, 1.165) is 21.7 Å². The molecular weight excluding hydrogens is 526 g/mol. The molecule has 0 aliphatic carbocycles. The van der Waals surface area contributed by atoms with Crippen LogP contribution in [-0.2, 0) is 32.6 Å². The topological polar surface area (TPSA) is 96.0 Å². The number of carbonyl (C=O) groups is 2. The maximum Gasteiger partial charge on any atom is 0.244 e. The second-order valence-corrected chi connectivity index (χ2v) is 11.9. The Bertz CT molecular complexity index is 1350. The highest BCUT2D eigenvalue weighted by molar-refractivity contribution is 7.92. The third-order valence-corrected chi connectivity index (χ3v) is 7.39. The van der Waals surface area contributed by atoms with E-state index in [0.29, 0.717) is 18.9 Å². The van der Waals surface area contributed by atoms with Crippen LogP contribution in [0.3, 0.4) is 0 Å². The van der Waals surface area contributed by atoms with Gasteiger partial charge >= 0.3 is 0 Å². The van der Waals surface area contributed by atoms with Gasteiger partial charge in [0.15, 0.2) is 0 Å². The summed E-state index contributed by atoms with van der Waals surface area (Å²) in [6.07, 6.45) is 1.33. The molecule has 0 fully saturated rings. The number of hydrogen-bond donors (Lipinski definition) is 1. The van der Waals surface area contributed by atoms with Crippen LogP contribution in [0.25, 0.3) is 0 Å². The molecule has 1 atom stereocenters. The quantitative estimate of drug-likeness (QED) is 0.315. The minimum atomic E-state index is -3.88. The van der Waals surface area contributed by atoms with E-state index in [4.69, 9.17) is 4.74 Å². The van der Waals surface area contributed by atoms with Crippen molar-refractivity contribution < 1.29 is 22.7 Å². The van der Waals surface area contributed by atoms with E-state index in [1.54, 1.807) is 31.2 Å². The first kappa shape index (κ1) is 30.7. The van der Waals surface area contributed by atoms with Crippen molar-refractivity contribution in [3.05, 3.63) is 96.1 Å². The van der Waals surface area contributed by atoms with Crippen LogP contribution in [0.5, 0.6) is 5.75 Å². The number of nitrogens with one attached hydrogen (secondary N) is 1. The molecule has 40 heavy (non-hydrogen) atoms. The van der Waals surface area contributed by atoms with Crippen molar-refractivity contribution in [3.63, 3.8) is 0 Å². The number of ether oxygens (including phenoxy) is 1. The molecule has 214 valence electrons. The summed E-state index contributed by atoms with van der Waals surface area (Å²) in [6.45, 7) is 6.23. The van der Waals surface area contributed by atoms with Crippen molar-refractivity contribution in [3.8, 4) is 5.75 Å². The van der Waals surface area contributed by atoms with Gasteiger partial charge in [-0.2, -0.15) is 0 Å². The number of benzene rings is 3. The summed E-state index contributed by atoms with van der Waals surface area (Å²) in [5.74, 6) is -0.215. The van der Waals surface area contributed by atoms with Crippen LogP contribution in [0.4, 0.5) is 5.69 Å². The van der Waals surface area contributed by atoms with Crippen LogP contribution in [0, 0.1) is 5.92 Å². The molecule has 0 spiro atoms. The third-order valence-electron chi connectivity index (χ3n) is 6.26. The zero-order chi connectivity index (χ0) is 29.1. The Kier molecular flexibility index (Phi) is 11.1. The van der Waals surface area contributed by atoms with Gasteiger partial charge in [-0.1, -0.05) is 86.6 Å². The second-order valence-electron chi connectivity index (χ2n) is 10.0. The lowest BCUT2D eigenvalue weighted by atomic mass is 10.0. The third kappa shape index (κ3) is 8.84.